The molecule has 0 spiro atoms. The molecular weight excluding hydrogens is 465 g/mol. The number of benzene rings is 3. The summed E-state index contributed by atoms with van der Waals surface area (Å²) in [5.74, 6) is 0.704. The van der Waals surface area contributed by atoms with Gasteiger partial charge in [-0.1, -0.05) is 66.8 Å². The summed E-state index contributed by atoms with van der Waals surface area (Å²) in [5.41, 5.74) is 4.93. The lowest BCUT2D eigenvalue weighted by Crippen LogP contribution is -2.20. The highest BCUT2D eigenvalue weighted by molar-refractivity contribution is 6.36. The van der Waals surface area contributed by atoms with Crippen molar-refractivity contribution in [1.29, 1.82) is 0 Å². The van der Waals surface area contributed by atoms with Crippen LogP contribution in [0.2, 0.25) is 15.1 Å². The molecule has 0 atom stereocenters. The van der Waals surface area contributed by atoms with Crippen LogP contribution in [0.4, 0.5) is 5.69 Å². The van der Waals surface area contributed by atoms with Gasteiger partial charge in [-0.25, -0.2) is 4.98 Å². The molecular formula is C25H22Cl3N3O. The molecule has 0 aliphatic heterocycles. The normalized spacial score (nSPS) is 11.3. The van der Waals surface area contributed by atoms with Crippen molar-refractivity contribution in [3.05, 3.63) is 80.8 Å². The number of nitrogens with zero attached hydrogens (tertiary/aromatic N) is 2. The summed E-state index contributed by atoms with van der Waals surface area (Å²) >= 11 is 19.2. The molecule has 1 amide bonds. The summed E-state index contributed by atoms with van der Waals surface area (Å²) in [6.07, 6.45) is 0. The summed E-state index contributed by atoms with van der Waals surface area (Å²) in [5, 5.41) is 4.56. The second kappa shape index (κ2) is 9.14. The number of halogens is 3. The highest BCUT2D eigenvalue weighted by Gasteiger charge is 2.20. The monoisotopic (exact) mass is 485 g/mol. The Balaban J connectivity index is 1.77. The van der Waals surface area contributed by atoms with Gasteiger partial charge in [0.25, 0.3) is 0 Å². The number of nitrogens with one attached hydrogen (secondary N) is 1. The topological polar surface area (TPSA) is 46.9 Å². The molecule has 0 bridgehead atoms. The molecule has 0 saturated carbocycles. The van der Waals surface area contributed by atoms with Gasteiger partial charge in [-0.2, -0.15) is 0 Å². The lowest BCUT2D eigenvalue weighted by molar-refractivity contribution is -0.116. The van der Waals surface area contributed by atoms with E-state index in [9.17, 15) is 4.79 Å². The van der Waals surface area contributed by atoms with Crippen molar-refractivity contribution in [1.82, 2.24) is 9.55 Å². The number of para-hydroxylation sites is 1. The minimum absolute atomic E-state index is 0.0176. The Labute approximate surface area is 202 Å². The molecule has 4 aromatic rings. The standard InChI is InChI=1S/C25H22Cl3N3O/c1-14(2)16-8-7-15(3)22(11-16)29-23(32)13-31-24-20(28)5-4-6-21(24)30-25(31)18-12-17(26)9-10-19(18)27/h4-12,14H,13H2,1-3H3,(H,29,32). The Bertz CT molecular complexity index is 1330. The van der Waals surface area contributed by atoms with Gasteiger partial charge in [0.05, 0.1) is 21.1 Å². The van der Waals surface area contributed by atoms with Gasteiger partial charge < -0.3 is 9.88 Å². The lowest BCUT2D eigenvalue weighted by Gasteiger charge is -2.15. The van der Waals surface area contributed by atoms with Crippen molar-refractivity contribution in [2.24, 2.45) is 0 Å². The molecule has 32 heavy (non-hydrogen) atoms. The summed E-state index contributed by atoms with van der Waals surface area (Å²) in [6.45, 7) is 6.23. The molecule has 164 valence electrons. The van der Waals surface area contributed by atoms with E-state index in [0.717, 1.165) is 16.8 Å². The summed E-state index contributed by atoms with van der Waals surface area (Å²) < 4.78 is 1.78. The van der Waals surface area contributed by atoms with Gasteiger partial charge in [-0.05, 0) is 60.4 Å². The molecule has 0 aliphatic carbocycles. The van der Waals surface area contributed by atoms with Crippen LogP contribution in [0.25, 0.3) is 22.4 Å². The first-order valence-corrected chi connectivity index (χ1v) is 11.4. The molecule has 4 rings (SSSR count). The number of hydrogen-bond acceptors (Lipinski definition) is 2. The van der Waals surface area contributed by atoms with Crippen LogP contribution >= 0.6 is 34.8 Å². The lowest BCUT2D eigenvalue weighted by atomic mass is 10.0. The molecule has 0 unspecified atom stereocenters. The van der Waals surface area contributed by atoms with Crippen LogP contribution in [0.15, 0.2) is 54.6 Å². The third kappa shape index (κ3) is 4.49. The molecule has 1 N–H and O–H groups in total. The van der Waals surface area contributed by atoms with E-state index >= 15 is 0 Å². The Morgan fingerprint density at radius 3 is 2.56 bits per heavy atom. The molecule has 4 nitrogen and oxygen atoms in total. The molecule has 1 heterocycles. The number of imidazole rings is 1. The van der Waals surface area contributed by atoms with Gasteiger partial charge in [0.15, 0.2) is 0 Å². The highest BCUT2D eigenvalue weighted by atomic mass is 35.5. The predicted molar refractivity (Wildman–Crippen MR) is 134 cm³/mol. The first-order valence-electron chi connectivity index (χ1n) is 10.2. The number of aryl methyl sites for hydroxylation is 1. The van der Waals surface area contributed by atoms with E-state index in [1.54, 1.807) is 28.8 Å². The van der Waals surface area contributed by atoms with E-state index in [-0.39, 0.29) is 12.5 Å². The van der Waals surface area contributed by atoms with Crippen molar-refractivity contribution in [2.45, 2.75) is 33.2 Å². The molecule has 0 saturated heterocycles. The number of aromatic nitrogens is 2. The van der Waals surface area contributed by atoms with Crippen molar-refractivity contribution in [2.75, 3.05) is 5.32 Å². The summed E-state index contributed by atoms with van der Waals surface area (Å²) in [6, 6.07) is 16.7. The minimum atomic E-state index is -0.187. The van der Waals surface area contributed by atoms with Gasteiger partial charge in [0.1, 0.15) is 12.4 Å². The third-order valence-electron chi connectivity index (χ3n) is 5.39. The van der Waals surface area contributed by atoms with Crippen LogP contribution in [0, 0.1) is 6.92 Å². The van der Waals surface area contributed by atoms with E-state index in [4.69, 9.17) is 39.8 Å². The van der Waals surface area contributed by atoms with Crippen molar-refractivity contribution in [3.63, 3.8) is 0 Å². The van der Waals surface area contributed by atoms with Gasteiger partial charge in [0.2, 0.25) is 5.91 Å². The summed E-state index contributed by atoms with van der Waals surface area (Å²) in [4.78, 5) is 17.9. The van der Waals surface area contributed by atoms with Gasteiger partial charge in [-0.15, -0.1) is 0 Å². The molecule has 0 radical (unpaired) electrons. The number of amides is 1. The zero-order valence-corrected chi connectivity index (χ0v) is 20.2. The second-order valence-corrected chi connectivity index (χ2v) is 9.28. The highest BCUT2D eigenvalue weighted by Crippen LogP contribution is 2.34. The van der Waals surface area contributed by atoms with Crippen molar-refractivity contribution < 1.29 is 4.79 Å². The number of rotatable bonds is 5. The van der Waals surface area contributed by atoms with Gasteiger partial charge >= 0.3 is 0 Å². The number of fused-ring (bicyclic) bond motifs is 1. The number of carbonyl (C=O) groups is 1. The summed E-state index contributed by atoms with van der Waals surface area (Å²) in [7, 11) is 0. The first-order chi connectivity index (χ1) is 15.2. The average molecular weight is 487 g/mol. The fourth-order valence-corrected chi connectivity index (χ4v) is 4.28. The number of carbonyl (C=O) groups excluding carboxylic acids is 1. The fraction of sp³-hybridized carbons (Fsp3) is 0.200. The third-order valence-corrected chi connectivity index (χ3v) is 6.26. The van der Waals surface area contributed by atoms with Crippen LogP contribution in [-0.2, 0) is 11.3 Å². The minimum Gasteiger partial charge on any atom is -0.324 e. The molecule has 7 heteroatoms. The van der Waals surface area contributed by atoms with Gasteiger partial charge in [0, 0.05) is 16.3 Å². The quantitative estimate of drug-likeness (QED) is 0.314. The Kier molecular flexibility index (Phi) is 6.47. The Morgan fingerprint density at radius 2 is 1.81 bits per heavy atom. The maximum atomic E-state index is 13.1. The van der Waals surface area contributed by atoms with Crippen LogP contribution in [0.3, 0.4) is 0 Å². The molecule has 0 fully saturated rings. The zero-order chi connectivity index (χ0) is 23.0. The first kappa shape index (κ1) is 22.7. The van der Waals surface area contributed by atoms with Crippen molar-refractivity contribution >= 4 is 57.4 Å². The largest absolute Gasteiger partial charge is 0.324 e. The SMILES string of the molecule is Cc1ccc(C(C)C)cc1NC(=O)Cn1c(-c2cc(Cl)ccc2Cl)nc2cccc(Cl)c21. The predicted octanol–water partition coefficient (Wildman–Crippen LogP) is 7.73. The van der Waals surface area contributed by atoms with Crippen LogP contribution in [0.1, 0.15) is 30.9 Å². The maximum Gasteiger partial charge on any atom is 0.244 e. The maximum absolute atomic E-state index is 13.1. The smallest absolute Gasteiger partial charge is 0.244 e. The van der Waals surface area contributed by atoms with Crippen LogP contribution in [-0.4, -0.2) is 15.5 Å². The number of anilines is 1. The van der Waals surface area contributed by atoms with Gasteiger partial charge in [-0.3, -0.25) is 4.79 Å². The van der Waals surface area contributed by atoms with E-state index in [1.165, 1.54) is 0 Å². The Hall–Kier alpha value is -2.53. The fourth-order valence-electron chi connectivity index (χ4n) is 3.64. The molecule has 0 aliphatic rings. The average Bonchev–Trinajstić information content (AvgIpc) is 3.10. The molecule has 1 aromatic heterocycles. The van der Waals surface area contributed by atoms with Crippen molar-refractivity contribution in [3.8, 4) is 11.4 Å². The Morgan fingerprint density at radius 1 is 1.03 bits per heavy atom. The zero-order valence-electron chi connectivity index (χ0n) is 17.9. The number of hydrogen-bond donors (Lipinski definition) is 1. The second-order valence-electron chi connectivity index (χ2n) is 8.03. The molecule has 3 aromatic carbocycles. The van der Waals surface area contributed by atoms with Crippen LogP contribution < -0.4 is 5.32 Å². The van der Waals surface area contributed by atoms with E-state index in [1.807, 2.05) is 31.2 Å². The van der Waals surface area contributed by atoms with E-state index < -0.39 is 0 Å². The van der Waals surface area contributed by atoms with Crippen LogP contribution in [0.5, 0.6) is 0 Å². The van der Waals surface area contributed by atoms with E-state index in [2.05, 4.69) is 25.2 Å². The van der Waals surface area contributed by atoms with E-state index in [0.29, 0.717) is 43.4 Å².